The second-order valence-electron chi connectivity index (χ2n) is 4.35. The van der Waals surface area contributed by atoms with E-state index in [0.29, 0.717) is 0 Å². The van der Waals surface area contributed by atoms with Crippen molar-refractivity contribution < 1.29 is 27.4 Å². The lowest BCUT2D eigenvalue weighted by molar-refractivity contribution is -0.144. The van der Waals surface area contributed by atoms with Crippen LogP contribution in [0.2, 0.25) is 5.02 Å². The van der Waals surface area contributed by atoms with E-state index in [-0.39, 0.29) is 24.7 Å². The van der Waals surface area contributed by atoms with E-state index in [1.807, 2.05) is 4.72 Å². The number of sulfonamides is 1. The van der Waals surface area contributed by atoms with Gasteiger partial charge in [-0.25, -0.2) is 12.8 Å². The van der Waals surface area contributed by atoms with Crippen molar-refractivity contribution in [3.8, 4) is 0 Å². The van der Waals surface area contributed by atoms with E-state index in [4.69, 9.17) is 16.3 Å². The Hall–Kier alpha value is -1.22. The van der Waals surface area contributed by atoms with E-state index in [1.165, 1.54) is 12.1 Å². The summed E-state index contributed by atoms with van der Waals surface area (Å²) in [6.45, 7) is -0.212. The fourth-order valence-electron chi connectivity index (χ4n) is 1.86. The maximum absolute atomic E-state index is 13.8. The van der Waals surface area contributed by atoms with Gasteiger partial charge in [-0.15, -0.1) is 0 Å². The van der Waals surface area contributed by atoms with Gasteiger partial charge in [0.05, 0.1) is 11.6 Å². The number of halogens is 2. The lowest BCUT2D eigenvalue weighted by atomic mass is 10.0. The molecule has 1 heterocycles. The topological polar surface area (TPSA) is 92.7 Å². The van der Waals surface area contributed by atoms with E-state index < -0.39 is 32.2 Å². The van der Waals surface area contributed by atoms with Crippen molar-refractivity contribution in [3.63, 3.8) is 0 Å². The van der Waals surface area contributed by atoms with Crippen LogP contribution in [0.1, 0.15) is 6.42 Å². The van der Waals surface area contributed by atoms with E-state index in [0.717, 1.165) is 6.07 Å². The molecule has 2 rings (SSSR count). The van der Waals surface area contributed by atoms with Gasteiger partial charge in [0.15, 0.2) is 11.4 Å². The van der Waals surface area contributed by atoms with Gasteiger partial charge < -0.3 is 9.84 Å². The summed E-state index contributed by atoms with van der Waals surface area (Å²) < 4.78 is 45.0. The van der Waals surface area contributed by atoms with Gasteiger partial charge in [0.1, 0.15) is 4.90 Å². The molecule has 1 aromatic rings. The fourth-order valence-corrected chi connectivity index (χ4v) is 3.57. The first kappa shape index (κ1) is 15.2. The minimum absolute atomic E-state index is 0.0379. The lowest BCUT2D eigenvalue weighted by Gasteiger charge is -2.23. The molecule has 0 radical (unpaired) electrons. The van der Waals surface area contributed by atoms with Gasteiger partial charge >= 0.3 is 5.97 Å². The molecule has 1 aliphatic rings. The highest BCUT2D eigenvalue weighted by Gasteiger charge is 2.46. The fraction of sp³-hybridized carbons (Fsp3) is 0.364. The molecule has 0 bridgehead atoms. The number of hydrogen-bond donors (Lipinski definition) is 2. The molecule has 1 saturated heterocycles. The first-order chi connectivity index (χ1) is 9.28. The Morgan fingerprint density at radius 3 is 2.75 bits per heavy atom. The number of aliphatic carboxylic acids is 1. The zero-order valence-electron chi connectivity index (χ0n) is 10.1. The zero-order valence-corrected chi connectivity index (χ0v) is 11.7. The first-order valence-corrected chi connectivity index (χ1v) is 7.44. The van der Waals surface area contributed by atoms with Gasteiger partial charge in [-0.05, 0) is 12.1 Å². The van der Waals surface area contributed by atoms with Crippen LogP contribution in [-0.4, -0.2) is 38.2 Å². The summed E-state index contributed by atoms with van der Waals surface area (Å²) in [5.41, 5.74) is -1.78. The van der Waals surface area contributed by atoms with E-state index in [1.54, 1.807) is 0 Å². The standard InChI is InChI=1S/C11H11ClFNO5S/c12-7-2-1-3-8(9(7)13)20(17,18)14-11(10(15)16)4-5-19-6-11/h1-3,14H,4-6H2,(H,15,16). The van der Waals surface area contributed by atoms with Gasteiger partial charge in [0.25, 0.3) is 0 Å². The van der Waals surface area contributed by atoms with Crippen molar-refractivity contribution in [1.82, 2.24) is 4.72 Å². The van der Waals surface area contributed by atoms with Crippen LogP contribution in [-0.2, 0) is 19.6 Å². The van der Waals surface area contributed by atoms with Crippen molar-refractivity contribution in [1.29, 1.82) is 0 Å². The summed E-state index contributed by atoms with van der Waals surface area (Å²) in [6, 6.07) is 3.47. The van der Waals surface area contributed by atoms with Crippen LogP contribution in [0.5, 0.6) is 0 Å². The molecule has 1 aliphatic heterocycles. The highest BCUT2D eigenvalue weighted by atomic mass is 35.5. The van der Waals surface area contributed by atoms with Crippen molar-refractivity contribution in [3.05, 3.63) is 29.0 Å². The Balaban J connectivity index is 2.41. The zero-order chi connectivity index (χ0) is 15.0. The highest BCUT2D eigenvalue weighted by molar-refractivity contribution is 7.89. The molecule has 110 valence electrons. The molecule has 1 unspecified atom stereocenters. The summed E-state index contributed by atoms with van der Waals surface area (Å²) in [5.74, 6) is -2.50. The van der Waals surface area contributed by atoms with Crippen molar-refractivity contribution in [2.24, 2.45) is 0 Å². The quantitative estimate of drug-likeness (QED) is 0.862. The molecule has 0 aliphatic carbocycles. The summed E-state index contributed by atoms with van der Waals surface area (Å²) in [6.07, 6.45) is -0.0379. The second kappa shape index (κ2) is 5.28. The smallest absolute Gasteiger partial charge is 0.327 e. The third kappa shape index (κ3) is 2.64. The number of ether oxygens (including phenoxy) is 1. The molecule has 2 N–H and O–H groups in total. The Bertz CT molecular complexity index is 642. The molecule has 20 heavy (non-hydrogen) atoms. The Morgan fingerprint density at radius 1 is 1.50 bits per heavy atom. The third-order valence-electron chi connectivity index (χ3n) is 2.97. The number of rotatable bonds is 4. The first-order valence-electron chi connectivity index (χ1n) is 5.58. The predicted molar refractivity (Wildman–Crippen MR) is 67.5 cm³/mol. The average Bonchev–Trinajstić information content (AvgIpc) is 2.81. The van der Waals surface area contributed by atoms with Gasteiger partial charge in [0, 0.05) is 13.0 Å². The van der Waals surface area contributed by atoms with Gasteiger partial charge in [-0.3, -0.25) is 4.79 Å². The molecule has 9 heteroatoms. The summed E-state index contributed by atoms with van der Waals surface area (Å²) >= 11 is 5.53. The summed E-state index contributed by atoms with van der Waals surface area (Å²) in [4.78, 5) is 10.6. The predicted octanol–water partition coefficient (Wildman–Crippen LogP) is 1.00. The van der Waals surface area contributed by atoms with Gasteiger partial charge in [0.2, 0.25) is 10.0 Å². The SMILES string of the molecule is O=C(O)C1(NS(=O)(=O)c2cccc(Cl)c2F)CCOC1. The maximum Gasteiger partial charge on any atom is 0.327 e. The van der Waals surface area contributed by atoms with Gasteiger partial charge in [-0.1, -0.05) is 17.7 Å². The van der Waals surface area contributed by atoms with Crippen molar-refractivity contribution in [2.45, 2.75) is 16.9 Å². The molecule has 1 aromatic carbocycles. The third-order valence-corrected chi connectivity index (χ3v) is 4.81. The number of benzene rings is 1. The van der Waals surface area contributed by atoms with E-state index in [9.17, 15) is 22.7 Å². The molecule has 0 aromatic heterocycles. The van der Waals surface area contributed by atoms with Crippen molar-refractivity contribution >= 4 is 27.6 Å². The number of carboxylic acid groups (broad SMARTS) is 1. The largest absolute Gasteiger partial charge is 0.480 e. The van der Waals surface area contributed by atoms with Crippen LogP contribution in [0.3, 0.4) is 0 Å². The molecule has 6 nitrogen and oxygen atoms in total. The van der Waals surface area contributed by atoms with Crippen LogP contribution in [0, 0.1) is 5.82 Å². The molecular formula is C11H11ClFNO5S. The maximum atomic E-state index is 13.8. The van der Waals surface area contributed by atoms with Gasteiger partial charge in [-0.2, -0.15) is 4.72 Å². The van der Waals surface area contributed by atoms with Crippen LogP contribution < -0.4 is 4.72 Å². The van der Waals surface area contributed by atoms with Crippen LogP contribution >= 0.6 is 11.6 Å². The average molecular weight is 324 g/mol. The molecule has 0 amide bonds. The monoisotopic (exact) mass is 323 g/mol. The summed E-state index contributed by atoms with van der Waals surface area (Å²) in [7, 11) is -4.37. The molecule has 0 spiro atoms. The molecular weight excluding hydrogens is 313 g/mol. The highest BCUT2D eigenvalue weighted by Crippen LogP contribution is 2.26. The number of carbonyl (C=O) groups is 1. The number of nitrogens with one attached hydrogen (secondary N) is 1. The normalized spacial score (nSPS) is 22.9. The minimum atomic E-state index is -4.37. The van der Waals surface area contributed by atoms with Crippen LogP contribution in [0.25, 0.3) is 0 Å². The second-order valence-corrected chi connectivity index (χ2v) is 6.41. The minimum Gasteiger partial charge on any atom is -0.480 e. The Labute approximate surface area is 119 Å². The molecule has 1 atom stereocenters. The summed E-state index contributed by atoms with van der Waals surface area (Å²) in [5, 5.41) is 8.81. The number of carboxylic acids is 1. The van der Waals surface area contributed by atoms with Crippen molar-refractivity contribution in [2.75, 3.05) is 13.2 Å². The van der Waals surface area contributed by atoms with Crippen LogP contribution in [0.15, 0.2) is 23.1 Å². The lowest BCUT2D eigenvalue weighted by Crippen LogP contribution is -2.55. The van der Waals surface area contributed by atoms with E-state index in [2.05, 4.69) is 0 Å². The Kier molecular flexibility index (Phi) is 4.01. The molecule has 1 fully saturated rings. The van der Waals surface area contributed by atoms with E-state index >= 15 is 0 Å². The Morgan fingerprint density at radius 2 is 2.20 bits per heavy atom. The number of hydrogen-bond acceptors (Lipinski definition) is 4. The van der Waals surface area contributed by atoms with Crippen LogP contribution in [0.4, 0.5) is 4.39 Å². The molecule has 0 saturated carbocycles.